The van der Waals surface area contributed by atoms with Crippen LogP contribution in [0.15, 0.2) is 30.0 Å². The molecule has 0 heterocycles. The molecule has 2 N–H and O–H groups in total. The van der Waals surface area contributed by atoms with Crippen molar-refractivity contribution < 1.29 is 14.3 Å². The van der Waals surface area contributed by atoms with E-state index in [0.717, 1.165) is 11.3 Å². The number of ether oxygens (including phenoxy) is 1. The van der Waals surface area contributed by atoms with Crippen molar-refractivity contribution >= 4 is 17.9 Å². The molecule has 5 nitrogen and oxygen atoms in total. The largest absolute Gasteiger partial charge is 0.497 e. The minimum atomic E-state index is -0.596. The zero-order valence-corrected chi connectivity index (χ0v) is 15.6. The summed E-state index contributed by atoms with van der Waals surface area (Å²) in [6.07, 6.45) is 1.66. The predicted molar refractivity (Wildman–Crippen MR) is 96.5 cm³/mol. The molecule has 0 radical (unpaired) electrons. The fraction of sp³-hybridized carbons (Fsp3) is 0.474. The summed E-state index contributed by atoms with van der Waals surface area (Å²) in [7, 11) is 1.59. The molecular weight excluding hydrogens is 304 g/mol. The number of carbonyl (C=O) groups excluding carboxylic acids is 2. The van der Waals surface area contributed by atoms with Gasteiger partial charge < -0.3 is 15.4 Å². The monoisotopic (exact) mass is 332 g/mol. The molecule has 1 aromatic carbocycles. The van der Waals surface area contributed by atoms with Gasteiger partial charge in [0.15, 0.2) is 0 Å². The number of methoxy groups -OCH3 is 1. The molecule has 0 aliphatic heterocycles. The maximum absolute atomic E-state index is 12.5. The average molecular weight is 332 g/mol. The van der Waals surface area contributed by atoms with Crippen LogP contribution in [0.5, 0.6) is 5.75 Å². The first-order valence-electron chi connectivity index (χ1n) is 7.92. The van der Waals surface area contributed by atoms with E-state index in [0.29, 0.717) is 0 Å². The van der Waals surface area contributed by atoms with Crippen LogP contribution in [0.25, 0.3) is 6.08 Å². The summed E-state index contributed by atoms with van der Waals surface area (Å²) in [6, 6.07) is 7.26. The predicted octanol–water partition coefficient (Wildman–Crippen LogP) is 3.11. The summed E-state index contributed by atoms with van der Waals surface area (Å²) < 4.78 is 5.13. The van der Waals surface area contributed by atoms with Crippen molar-refractivity contribution in [3.63, 3.8) is 0 Å². The third-order valence-corrected chi connectivity index (χ3v) is 3.09. The fourth-order valence-electron chi connectivity index (χ4n) is 1.74. The number of nitrogens with one attached hydrogen (secondary N) is 2. The molecular formula is C19H28N2O3. The Hall–Kier alpha value is -2.30. The molecule has 0 spiro atoms. The van der Waals surface area contributed by atoms with Gasteiger partial charge in [0.05, 0.1) is 7.11 Å². The highest BCUT2D eigenvalue weighted by Gasteiger charge is 2.25. The Labute approximate surface area is 144 Å². The van der Waals surface area contributed by atoms with E-state index in [1.54, 1.807) is 46.1 Å². The highest BCUT2D eigenvalue weighted by atomic mass is 16.5. The topological polar surface area (TPSA) is 67.4 Å². The maximum atomic E-state index is 12.5. The first-order valence-corrected chi connectivity index (χ1v) is 7.92. The van der Waals surface area contributed by atoms with E-state index < -0.39 is 11.0 Å². The second-order valence-corrected chi connectivity index (χ2v) is 7.74. The number of amides is 2. The third kappa shape index (κ3) is 6.44. The Morgan fingerprint density at radius 3 is 1.96 bits per heavy atom. The summed E-state index contributed by atoms with van der Waals surface area (Å²) >= 11 is 0. The van der Waals surface area contributed by atoms with Gasteiger partial charge in [-0.1, -0.05) is 32.9 Å². The minimum Gasteiger partial charge on any atom is -0.497 e. The lowest BCUT2D eigenvalue weighted by atomic mass is 9.95. The highest BCUT2D eigenvalue weighted by Crippen LogP contribution is 2.17. The lowest BCUT2D eigenvalue weighted by Crippen LogP contribution is -2.46. The van der Waals surface area contributed by atoms with Gasteiger partial charge in [0.2, 0.25) is 5.91 Å². The Morgan fingerprint density at radius 1 is 1.00 bits per heavy atom. The second kappa shape index (κ2) is 7.51. The van der Waals surface area contributed by atoms with Gasteiger partial charge in [-0.3, -0.25) is 9.59 Å². The first kappa shape index (κ1) is 19.7. The van der Waals surface area contributed by atoms with Crippen molar-refractivity contribution in [1.82, 2.24) is 10.6 Å². The smallest absolute Gasteiger partial charge is 0.268 e. The number of hydrogen-bond acceptors (Lipinski definition) is 3. The van der Waals surface area contributed by atoms with Crippen molar-refractivity contribution in [2.24, 2.45) is 5.41 Å². The SMILES string of the molecule is COc1ccc(/C=C(/NC(=O)C(C)(C)C)C(=O)NC(C)(C)C)cc1. The van der Waals surface area contributed by atoms with Crippen LogP contribution in [0.4, 0.5) is 0 Å². The van der Waals surface area contributed by atoms with Crippen LogP contribution in [-0.2, 0) is 9.59 Å². The van der Waals surface area contributed by atoms with Gasteiger partial charge in [0.25, 0.3) is 5.91 Å². The Balaban J connectivity index is 3.13. The zero-order chi connectivity index (χ0) is 18.5. The van der Waals surface area contributed by atoms with E-state index in [4.69, 9.17) is 4.74 Å². The molecule has 0 saturated heterocycles. The van der Waals surface area contributed by atoms with E-state index in [1.165, 1.54) is 0 Å². The van der Waals surface area contributed by atoms with Gasteiger partial charge in [-0.2, -0.15) is 0 Å². The molecule has 0 fully saturated rings. The molecule has 5 heteroatoms. The van der Waals surface area contributed by atoms with Gasteiger partial charge in [-0.05, 0) is 44.5 Å². The number of benzene rings is 1. The minimum absolute atomic E-state index is 0.216. The van der Waals surface area contributed by atoms with E-state index in [9.17, 15) is 9.59 Å². The van der Waals surface area contributed by atoms with E-state index in [-0.39, 0.29) is 17.5 Å². The van der Waals surface area contributed by atoms with E-state index in [2.05, 4.69) is 10.6 Å². The second-order valence-electron chi connectivity index (χ2n) is 7.74. The number of carbonyl (C=O) groups is 2. The fourth-order valence-corrected chi connectivity index (χ4v) is 1.74. The molecule has 0 atom stereocenters. The highest BCUT2D eigenvalue weighted by molar-refractivity contribution is 6.02. The van der Waals surface area contributed by atoms with Crippen molar-refractivity contribution in [3.8, 4) is 5.75 Å². The summed E-state index contributed by atoms with van der Waals surface area (Å²) in [6.45, 7) is 11.1. The molecule has 0 bridgehead atoms. The van der Waals surface area contributed by atoms with Crippen LogP contribution in [0, 0.1) is 5.41 Å². The molecule has 2 amide bonds. The standard InChI is InChI=1S/C19H28N2O3/c1-18(2,3)17(23)20-15(16(22)21-19(4,5)6)12-13-8-10-14(24-7)11-9-13/h8-12H,1-7H3,(H,20,23)(H,21,22)/b15-12+. The molecule has 1 rings (SSSR count). The summed E-state index contributed by atoms with van der Waals surface area (Å²) in [5, 5.41) is 5.61. The van der Waals surface area contributed by atoms with Gasteiger partial charge in [0, 0.05) is 11.0 Å². The number of hydrogen-bond donors (Lipinski definition) is 2. The Morgan fingerprint density at radius 2 is 1.54 bits per heavy atom. The molecule has 0 aliphatic carbocycles. The summed E-state index contributed by atoms with van der Waals surface area (Å²) in [5.41, 5.74) is 0.0166. The van der Waals surface area contributed by atoms with Gasteiger partial charge in [-0.15, -0.1) is 0 Å². The maximum Gasteiger partial charge on any atom is 0.268 e. The Bertz CT molecular complexity index is 617. The lowest BCUT2D eigenvalue weighted by Gasteiger charge is -2.24. The van der Waals surface area contributed by atoms with Crippen molar-refractivity contribution in [2.45, 2.75) is 47.1 Å². The molecule has 0 aromatic heterocycles. The van der Waals surface area contributed by atoms with E-state index >= 15 is 0 Å². The van der Waals surface area contributed by atoms with Crippen molar-refractivity contribution in [1.29, 1.82) is 0 Å². The first-order chi connectivity index (χ1) is 10.9. The van der Waals surface area contributed by atoms with Crippen LogP contribution >= 0.6 is 0 Å². The summed E-state index contributed by atoms with van der Waals surface area (Å²) in [4.78, 5) is 24.8. The van der Waals surface area contributed by atoms with Crippen LogP contribution in [0.1, 0.15) is 47.1 Å². The van der Waals surface area contributed by atoms with Crippen LogP contribution in [0.2, 0.25) is 0 Å². The molecule has 0 saturated carbocycles. The van der Waals surface area contributed by atoms with Gasteiger partial charge in [0.1, 0.15) is 11.4 Å². The zero-order valence-electron chi connectivity index (χ0n) is 15.6. The average Bonchev–Trinajstić information content (AvgIpc) is 2.44. The van der Waals surface area contributed by atoms with Crippen LogP contribution < -0.4 is 15.4 Å². The number of rotatable bonds is 4. The third-order valence-electron chi connectivity index (χ3n) is 3.09. The molecule has 0 unspecified atom stereocenters. The quantitative estimate of drug-likeness (QED) is 0.833. The molecule has 0 aliphatic rings. The lowest BCUT2D eigenvalue weighted by molar-refractivity contribution is -0.129. The normalized spacial score (nSPS) is 12.5. The van der Waals surface area contributed by atoms with Gasteiger partial charge >= 0.3 is 0 Å². The van der Waals surface area contributed by atoms with Crippen molar-refractivity contribution in [3.05, 3.63) is 35.5 Å². The van der Waals surface area contributed by atoms with Crippen molar-refractivity contribution in [2.75, 3.05) is 7.11 Å². The van der Waals surface area contributed by atoms with E-state index in [1.807, 2.05) is 32.9 Å². The van der Waals surface area contributed by atoms with Crippen LogP contribution in [0.3, 0.4) is 0 Å². The van der Waals surface area contributed by atoms with Gasteiger partial charge in [-0.25, -0.2) is 0 Å². The molecule has 1 aromatic rings. The molecule has 132 valence electrons. The van der Waals surface area contributed by atoms with Crippen LogP contribution in [-0.4, -0.2) is 24.5 Å². The Kier molecular flexibility index (Phi) is 6.18. The summed E-state index contributed by atoms with van der Waals surface area (Å²) in [5.74, 6) is 0.189. The molecule has 24 heavy (non-hydrogen) atoms.